The predicted octanol–water partition coefficient (Wildman–Crippen LogP) is 1.54. The molecule has 1 aromatic rings. The average Bonchev–Trinajstić information content (AvgIpc) is 2.15. The van der Waals surface area contributed by atoms with Crippen LogP contribution in [0.5, 0.6) is 0 Å². The molecule has 1 rings (SSSR count). The summed E-state index contributed by atoms with van der Waals surface area (Å²) in [6, 6.07) is 1.76. The number of hydrogen-bond donors (Lipinski definition) is 3. The highest BCUT2D eigenvalue weighted by molar-refractivity contribution is 9.10. The molecule has 0 amide bonds. The number of carbonyl (C=O) groups is 3. The lowest BCUT2D eigenvalue weighted by molar-refractivity contribution is 0.0649. The van der Waals surface area contributed by atoms with Crippen LogP contribution in [0.3, 0.4) is 0 Å². The van der Waals surface area contributed by atoms with E-state index in [0.717, 1.165) is 12.1 Å². The summed E-state index contributed by atoms with van der Waals surface area (Å²) in [5.41, 5.74) is -1.33. The number of rotatable bonds is 3. The van der Waals surface area contributed by atoms with Gasteiger partial charge in [0.05, 0.1) is 16.7 Å². The molecule has 0 heterocycles. The van der Waals surface area contributed by atoms with E-state index in [2.05, 4.69) is 15.9 Å². The SMILES string of the molecule is O=C(O)c1cc(C(=O)O)c(C(=O)O)cc1Br. The van der Waals surface area contributed by atoms with Gasteiger partial charge in [0.15, 0.2) is 0 Å². The van der Waals surface area contributed by atoms with Crippen LogP contribution in [-0.4, -0.2) is 33.2 Å². The van der Waals surface area contributed by atoms with E-state index in [1.807, 2.05) is 0 Å². The highest BCUT2D eigenvalue weighted by atomic mass is 79.9. The van der Waals surface area contributed by atoms with Crippen molar-refractivity contribution in [3.63, 3.8) is 0 Å². The van der Waals surface area contributed by atoms with Crippen LogP contribution in [0.4, 0.5) is 0 Å². The van der Waals surface area contributed by atoms with Crippen molar-refractivity contribution in [3.8, 4) is 0 Å². The zero-order valence-corrected chi connectivity index (χ0v) is 9.19. The van der Waals surface area contributed by atoms with Crippen molar-refractivity contribution in [1.29, 1.82) is 0 Å². The molecule has 0 aliphatic carbocycles. The summed E-state index contributed by atoms with van der Waals surface area (Å²) in [6.07, 6.45) is 0. The van der Waals surface area contributed by atoms with Gasteiger partial charge in [0.25, 0.3) is 0 Å². The van der Waals surface area contributed by atoms with Crippen LogP contribution in [-0.2, 0) is 0 Å². The van der Waals surface area contributed by atoms with Gasteiger partial charge < -0.3 is 15.3 Å². The molecule has 0 aromatic heterocycles. The molecule has 0 saturated heterocycles. The molecule has 84 valence electrons. The molecular weight excluding hydrogens is 284 g/mol. The van der Waals surface area contributed by atoms with Crippen LogP contribution in [0.25, 0.3) is 0 Å². The summed E-state index contributed by atoms with van der Waals surface area (Å²) in [5.74, 6) is -4.27. The first-order valence-corrected chi connectivity index (χ1v) is 4.67. The number of hydrogen-bond acceptors (Lipinski definition) is 3. The molecule has 16 heavy (non-hydrogen) atoms. The number of carboxylic acids is 3. The Bertz CT molecular complexity index is 493. The maximum Gasteiger partial charge on any atom is 0.336 e. The van der Waals surface area contributed by atoms with E-state index in [9.17, 15) is 14.4 Å². The van der Waals surface area contributed by atoms with Crippen LogP contribution >= 0.6 is 15.9 Å². The second-order valence-electron chi connectivity index (χ2n) is 2.79. The first-order valence-electron chi connectivity index (χ1n) is 3.88. The quantitative estimate of drug-likeness (QED) is 0.778. The van der Waals surface area contributed by atoms with Crippen LogP contribution < -0.4 is 0 Å². The minimum absolute atomic E-state index is 0.0161. The summed E-state index contributed by atoms with van der Waals surface area (Å²) in [6.45, 7) is 0. The molecule has 0 bridgehead atoms. The fourth-order valence-corrected chi connectivity index (χ4v) is 1.60. The summed E-state index contributed by atoms with van der Waals surface area (Å²) < 4.78 is 0.0161. The Morgan fingerprint density at radius 3 is 1.56 bits per heavy atom. The second-order valence-corrected chi connectivity index (χ2v) is 3.65. The smallest absolute Gasteiger partial charge is 0.336 e. The Kier molecular flexibility index (Phi) is 3.28. The lowest BCUT2D eigenvalue weighted by Crippen LogP contribution is -2.11. The minimum Gasteiger partial charge on any atom is -0.478 e. The molecule has 0 aliphatic rings. The van der Waals surface area contributed by atoms with Crippen molar-refractivity contribution < 1.29 is 29.7 Å². The van der Waals surface area contributed by atoms with Gasteiger partial charge >= 0.3 is 17.9 Å². The molecule has 0 atom stereocenters. The first kappa shape index (κ1) is 12.2. The molecule has 0 spiro atoms. The van der Waals surface area contributed by atoms with E-state index in [-0.39, 0.29) is 10.0 Å². The lowest BCUT2D eigenvalue weighted by Gasteiger charge is -2.05. The van der Waals surface area contributed by atoms with Crippen molar-refractivity contribution in [2.24, 2.45) is 0 Å². The van der Waals surface area contributed by atoms with Crippen molar-refractivity contribution in [1.82, 2.24) is 0 Å². The van der Waals surface area contributed by atoms with E-state index in [1.165, 1.54) is 0 Å². The fraction of sp³-hybridized carbons (Fsp3) is 0. The lowest BCUT2D eigenvalue weighted by atomic mass is 10.0. The molecule has 3 N–H and O–H groups in total. The molecule has 0 fully saturated rings. The van der Waals surface area contributed by atoms with Gasteiger partial charge in [0, 0.05) is 4.47 Å². The molecular formula is C9H5BrO6. The van der Waals surface area contributed by atoms with Crippen LogP contribution in [0.1, 0.15) is 31.1 Å². The molecule has 0 radical (unpaired) electrons. The van der Waals surface area contributed by atoms with E-state index in [0.29, 0.717) is 0 Å². The second kappa shape index (κ2) is 4.31. The Hall–Kier alpha value is -1.89. The van der Waals surface area contributed by atoms with Gasteiger partial charge in [-0.1, -0.05) is 0 Å². The zero-order chi connectivity index (χ0) is 12.5. The Morgan fingerprint density at radius 2 is 1.19 bits per heavy atom. The third-order valence-corrected chi connectivity index (χ3v) is 2.45. The van der Waals surface area contributed by atoms with Gasteiger partial charge in [-0.15, -0.1) is 0 Å². The van der Waals surface area contributed by atoms with E-state index >= 15 is 0 Å². The summed E-state index contributed by atoms with van der Waals surface area (Å²) in [4.78, 5) is 32.2. The monoisotopic (exact) mass is 288 g/mol. The maximum atomic E-state index is 10.7. The van der Waals surface area contributed by atoms with Gasteiger partial charge in [0.1, 0.15) is 0 Å². The largest absolute Gasteiger partial charge is 0.478 e. The standard InChI is InChI=1S/C9H5BrO6/c10-6-2-4(8(13)14)3(7(11)12)1-5(6)9(15)16/h1-2H,(H,11,12)(H,13,14)(H,15,16). The van der Waals surface area contributed by atoms with Gasteiger partial charge in [-0.25, -0.2) is 14.4 Å². The summed E-state index contributed by atoms with van der Waals surface area (Å²) in [5, 5.41) is 26.2. The van der Waals surface area contributed by atoms with Gasteiger partial charge in [0.2, 0.25) is 0 Å². The van der Waals surface area contributed by atoms with Crippen molar-refractivity contribution in [2.45, 2.75) is 0 Å². The van der Waals surface area contributed by atoms with Crippen molar-refractivity contribution in [3.05, 3.63) is 33.3 Å². The molecule has 0 unspecified atom stereocenters. The molecule has 1 aromatic carbocycles. The molecule has 0 aliphatic heterocycles. The van der Waals surface area contributed by atoms with Crippen LogP contribution in [0.2, 0.25) is 0 Å². The third-order valence-electron chi connectivity index (χ3n) is 1.80. The predicted molar refractivity (Wildman–Crippen MR) is 55.0 cm³/mol. The number of benzene rings is 1. The Morgan fingerprint density at radius 1 is 0.812 bits per heavy atom. The van der Waals surface area contributed by atoms with Gasteiger partial charge in [-0.3, -0.25) is 0 Å². The normalized spacial score (nSPS) is 9.81. The van der Waals surface area contributed by atoms with E-state index < -0.39 is 29.0 Å². The maximum absolute atomic E-state index is 10.7. The van der Waals surface area contributed by atoms with Gasteiger partial charge in [-0.2, -0.15) is 0 Å². The molecule has 7 heteroatoms. The highest BCUT2D eigenvalue weighted by Gasteiger charge is 2.21. The Labute approximate surface area is 97.3 Å². The van der Waals surface area contributed by atoms with Crippen molar-refractivity contribution in [2.75, 3.05) is 0 Å². The minimum atomic E-state index is -1.49. The number of carboxylic acid groups (broad SMARTS) is 3. The fourth-order valence-electron chi connectivity index (χ4n) is 1.09. The first-order chi connectivity index (χ1) is 7.34. The molecule has 6 nitrogen and oxygen atoms in total. The van der Waals surface area contributed by atoms with Crippen LogP contribution in [0.15, 0.2) is 16.6 Å². The van der Waals surface area contributed by atoms with Crippen molar-refractivity contribution >= 4 is 33.8 Å². The third kappa shape index (κ3) is 2.19. The van der Waals surface area contributed by atoms with E-state index in [4.69, 9.17) is 15.3 Å². The average molecular weight is 289 g/mol. The van der Waals surface area contributed by atoms with E-state index in [1.54, 1.807) is 0 Å². The summed E-state index contributed by atoms with van der Waals surface area (Å²) >= 11 is 2.86. The number of halogens is 1. The zero-order valence-electron chi connectivity index (χ0n) is 7.60. The topological polar surface area (TPSA) is 112 Å². The summed E-state index contributed by atoms with van der Waals surface area (Å²) in [7, 11) is 0. The van der Waals surface area contributed by atoms with Gasteiger partial charge in [-0.05, 0) is 28.1 Å². The highest BCUT2D eigenvalue weighted by Crippen LogP contribution is 2.22. The van der Waals surface area contributed by atoms with Crippen LogP contribution in [0, 0.1) is 0 Å². The molecule has 0 saturated carbocycles. The number of aromatic carboxylic acids is 3. The Balaban J connectivity index is 3.55.